The van der Waals surface area contributed by atoms with Gasteiger partial charge in [-0.1, -0.05) is 50.0 Å². The molecular weight excluding hydrogens is 333 g/mol. The molecule has 2 aromatic rings. The molecule has 0 saturated heterocycles. The lowest BCUT2D eigenvalue weighted by Gasteiger charge is -2.19. The van der Waals surface area contributed by atoms with E-state index in [0.29, 0.717) is 15.8 Å². The molecule has 1 aromatic carbocycles. The Balaban J connectivity index is 2.42. The molecule has 0 bridgehead atoms. The number of nitrogens with zero attached hydrogens (tertiary/aromatic N) is 1. The minimum absolute atomic E-state index is 0.132. The number of benzene rings is 1. The van der Waals surface area contributed by atoms with Crippen LogP contribution in [0, 0.1) is 5.41 Å². The van der Waals surface area contributed by atoms with Gasteiger partial charge in [0.25, 0.3) is 0 Å². The van der Waals surface area contributed by atoms with Gasteiger partial charge in [0.2, 0.25) is 5.78 Å². The molecule has 120 valence electrons. The van der Waals surface area contributed by atoms with Crippen LogP contribution < -0.4 is 4.74 Å². The first-order chi connectivity index (χ1) is 10.8. The van der Waals surface area contributed by atoms with Crippen LogP contribution in [0.15, 0.2) is 48.5 Å². The minimum Gasteiger partial charge on any atom is -0.452 e. The maximum absolute atomic E-state index is 12.7. The van der Waals surface area contributed by atoms with E-state index in [0.717, 1.165) is 5.56 Å². The highest BCUT2D eigenvalue weighted by Gasteiger charge is 2.27. The fraction of sp³-hybridized carbons (Fsp3) is 0.222. The predicted octanol–water partition coefficient (Wildman–Crippen LogP) is 5.42. The third-order valence-corrected chi connectivity index (χ3v) is 3.53. The maximum Gasteiger partial charge on any atom is 0.203 e. The van der Waals surface area contributed by atoms with Gasteiger partial charge in [-0.25, -0.2) is 0 Å². The SMILES string of the molecule is CC(C)(C)C(=O)/C(=C\c1cccnc1)Oc1ccc(Cl)cc1Cl. The van der Waals surface area contributed by atoms with Gasteiger partial charge in [0.1, 0.15) is 5.75 Å². The number of hydrogen-bond donors (Lipinski definition) is 0. The second kappa shape index (κ2) is 7.16. The molecule has 5 heteroatoms. The van der Waals surface area contributed by atoms with Gasteiger partial charge in [-0.3, -0.25) is 9.78 Å². The number of halogens is 2. The Kier molecular flexibility index (Phi) is 5.45. The zero-order valence-corrected chi connectivity index (χ0v) is 14.7. The van der Waals surface area contributed by atoms with Crippen molar-refractivity contribution in [3.05, 3.63) is 64.1 Å². The summed E-state index contributed by atoms with van der Waals surface area (Å²) in [7, 11) is 0. The standard InChI is InChI=1S/C18H17Cl2NO2/c1-18(2,3)17(22)16(9-12-5-4-8-21-11-12)23-15-7-6-13(19)10-14(15)20/h4-11H,1-3H3/b16-9+. The third kappa shape index (κ3) is 4.81. The van der Waals surface area contributed by atoms with Gasteiger partial charge in [-0.15, -0.1) is 0 Å². The Morgan fingerprint density at radius 1 is 1.22 bits per heavy atom. The van der Waals surface area contributed by atoms with Gasteiger partial charge in [0.15, 0.2) is 5.76 Å². The van der Waals surface area contributed by atoms with Crippen molar-refractivity contribution < 1.29 is 9.53 Å². The highest BCUT2D eigenvalue weighted by molar-refractivity contribution is 6.35. The van der Waals surface area contributed by atoms with Gasteiger partial charge in [-0.05, 0) is 35.9 Å². The summed E-state index contributed by atoms with van der Waals surface area (Å²) in [5.41, 5.74) is 0.178. The van der Waals surface area contributed by atoms with Crippen LogP contribution in [0.4, 0.5) is 0 Å². The van der Waals surface area contributed by atoms with E-state index in [1.807, 2.05) is 26.8 Å². The predicted molar refractivity (Wildman–Crippen MR) is 93.8 cm³/mol. The zero-order valence-electron chi connectivity index (χ0n) is 13.1. The lowest BCUT2D eigenvalue weighted by molar-refractivity contribution is -0.124. The molecule has 0 aliphatic heterocycles. The summed E-state index contributed by atoms with van der Waals surface area (Å²) in [6, 6.07) is 8.50. The van der Waals surface area contributed by atoms with Crippen molar-refractivity contribution in [3.63, 3.8) is 0 Å². The van der Waals surface area contributed by atoms with E-state index < -0.39 is 5.41 Å². The molecule has 0 saturated carbocycles. The normalized spacial score (nSPS) is 12.1. The molecule has 0 atom stereocenters. The van der Waals surface area contributed by atoms with E-state index in [1.165, 1.54) is 0 Å². The van der Waals surface area contributed by atoms with Crippen LogP contribution in [0.1, 0.15) is 26.3 Å². The molecule has 0 fully saturated rings. The molecular formula is C18H17Cl2NO2. The monoisotopic (exact) mass is 349 g/mol. The fourth-order valence-corrected chi connectivity index (χ4v) is 2.25. The van der Waals surface area contributed by atoms with E-state index in [9.17, 15) is 4.79 Å². The van der Waals surface area contributed by atoms with Crippen molar-refractivity contribution in [1.82, 2.24) is 4.98 Å². The van der Waals surface area contributed by atoms with E-state index in [2.05, 4.69) is 4.98 Å². The first-order valence-electron chi connectivity index (χ1n) is 7.07. The van der Waals surface area contributed by atoms with Crippen molar-refractivity contribution in [2.45, 2.75) is 20.8 Å². The molecule has 0 aliphatic carbocycles. The number of aromatic nitrogens is 1. The van der Waals surface area contributed by atoms with Crippen molar-refractivity contribution >= 4 is 35.1 Å². The molecule has 2 rings (SSSR count). The third-order valence-electron chi connectivity index (χ3n) is 3.00. The highest BCUT2D eigenvalue weighted by Crippen LogP contribution is 2.31. The number of ketones is 1. The van der Waals surface area contributed by atoms with Gasteiger partial charge >= 0.3 is 0 Å². The van der Waals surface area contributed by atoms with E-state index >= 15 is 0 Å². The first-order valence-corrected chi connectivity index (χ1v) is 7.82. The molecule has 0 spiro atoms. The Hall–Kier alpha value is -1.84. The second-order valence-electron chi connectivity index (χ2n) is 6.05. The van der Waals surface area contributed by atoms with Crippen LogP contribution in [0.2, 0.25) is 10.0 Å². The average molecular weight is 350 g/mol. The summed E-state index contributed by atoms with van der Waals surface area (Å²) in [6.07, 6.45) is 4.98. The lowest BCUT2D eigenvalue weighted by Crippen LogP contribution is -2.24. The molecule has 0 N–H and O–H groups in total. The molecule has 23 heavy (non-hydrogen) atoms. The van der Waals surface area contributed by atoms with Gasteiger partial charge in [0, 0.05) is 22.8 Å². The van der Waals surface area contributed by atoms with Crippen LogP contribution in [0.5, 0.6) is 5.75 Å². The number of carbonyl (C=O) groups is 1. The number of ether oxygens (including phenoxy) is 1. The van der Waals surface area contributed by atoms with Gasteiger partial charge in [0.05, 0.1) is 5.02 Å². The van der Waals surface area contributed by atoms with E-state index in [4.69, 9.17) is 27.9 Å². The minimum atomic E-state index is -0.590. The van der Waals surface area contributed by atoms with Crippen molar-refractivity contribution in [2.75, 3.05) is 0 Å². The quantitative estimate of drug-likeness (QED) is 0.546. The van der Waals surface area contributed by atoms with Crippen LogP contribution in [-0.4, -0.2) is 10.8 Å². The summed E-state index contributed by atoms with van der Waals surface area (Å²) < 4.78 is 5.79. The summed E-state index contributed by atoms with van der Waals surface area (Å²) in [5.74, 6) is 0.450. The summed E-state index contributed by atoms with van der Waals surface area (Å²) in [6.45, 7) is 5.50. The smallest absolute Gasteiger partial charge is 0.203 e. The Morgan fingerprint density at radius 2 is 1.96 bits per heavy atom. The van der Waals surface area contributed by atoms with Crippen molar-refractivity contribution in [3.8, 4) is 5.75 Å². The van der Waals surface area contributed by atoms with Crippen molar-refractivity contribution in [2.24, 2.45) is 5.41 Å². The molecule has 0 aliphatic rings. The second-order valence-corrected chi connectivity index (χ2v) is 6.89. The van der Waals surface area contributed by atoms with E-state index in [-0.39, 0.29) is 11.5 Å². The molecule has 0 amide bonds. The van der Waals surface area contributed by atoms with Gasteiger partial charge < -0.3 is 4.74 Å². The molecule has 0 unspecified atom stereocenters. The Morgan fingerprint density at radius 3 is 2.52 bits per heavy atom. The Labute approximate surface area is 145 Å². The number of rotatable bonds is 4. The highest BCUT2D eigenvalue weighted by atomic mass is 35.5. The average Bonchev–Trinajstić information content (AvgIpc) is 2.48. The molecule has 1 heterocycles. The maximum atomic E-state index is 12.7. The topological polar surface area (TPSA) is 39.2 Å². The van der Waals surface area contributed by atoms with E-state index in [1.54, 1.807) is 42.7 Å². The van der Waals surface area contributed by atoms with Crippen LogP contribution in [0.25, 0.3) is 6.08 Å². The zero-order chi connectivity index (χ0) is 17.0. The van der Waals surface area contributed by atoms with Crippen LogP contribution >= 0.6 is 23.2 Å². The summed E-state index contributed by atoms with van der Waals surface area (Å²) in [5, 5.41) is 0.846. The van der Waals surface area contributed by atoms with Crippen molar-refractivity contribution in [1.29, 1.82) is 0 Å². The first kappa shape index (κ1) is 17.5. The number of Topliss-reactive ketones (excluding diaryl/α,β-unsaturated/α-hetero) is 1. The van der Waals surface area contributed by atoms with Crippen LogP contribution in [-0.2, 0) is 4.79 Å². The molecule has 1 aromatic heterocycles. The molecule has 3 nitrogen and oxygen atoms in total. The largest absolute Gasteiger partial charge is 0.452 e. The summed E-state index contributed by atoms with van der Waals surface area (Å²) >= 11 is 12.0. The summed E-state index contributed by atoms with van der Waals surface area (Å²) in [4.78, 5) is 16.7. The number of carbonyl (C=O) groups excluding carboxylic acids is 1. The lowest BCUT2D eigenvalue weighted by atomic mass is 9.89. The van der Waals surface area contributed by atoms with Gasteiger partial charge in [-0.2, -0.15) is 0 Å². The fourth-order valence-electron chi connectivity index (χ4n) is 1.80. The number of allylic oxidation sites excluding steroid dienone is 1. The van der Waals surface area contributed by atoms with Crippen LogP contribution in [0.3, 0.4) is 0 Å². The number of hydrogen-bond acceptors (Lipinski definition) is 3. The Bertz CT molecular complexity index is 734. The molecule has 0 radical (unpaired) electrons. The number of pyridine rings is 1.